The van der Waals surface area contributed by atoms with Crippen LogP contribution in [0.5, 0.6) is 5.75 Å². The number of aryl methyl sites for hydroxylation is 1. The number of hydrogen-bond acceptors (Lipinski definition) is 2. The molecule has 0 aromatic heterocycles. The van der Waals surface area contributed by atoms with Crippen LogP contribution in [-0.4, -0.2) is 19.8 Å². The molecule has 0 bridgehead atoms. The van der Waals surface area contributed by atoms with Gasteiger partial charge in [-0.05, 0) is 38.7 Å². The van der Waals surface area contributed by atoms with Gasteiger partial charge in [0.2, 0.25) is 0 Å². The van der Waals surface area contributed by atoms with Crippen molar-refractivity contribution in [3.63, 3.8) is 0 Å². The van der Waals surface area contributed by atoms with E-state index in [1.54, 1.807) is 7.11 Å². The normalized spacial score (nSPS) is 20.9. The second kappa shape index (κ2) is 6.58. The van der Waals surface area contributed by atoms with Crippen molar-refractivity contribution >= 4 is 15.9 Å². The van der Waals surface area contributed by atoms with Crippen LogP contribution in [0.15, 0.2) is 18.2 Å². The molecule has 0 saturated carbocycles. The van der Waals surface area contributed by atoms with E-state index in [0.717, 1.165) is 25.2 Å². The molecule has 1 aliphatic rings. The molecule has 1 aliphatic heterocycles. The van der Waals surface area contributed by atoms with E-state index in [-0.39, 0.29) is 0 Å². The number of rotatable bonds is 5. The average molecular weight is 313 g/mol. The van der Waals surface area contributed by atoms with Gasteiger partial charge in [0, 0.05) is 17.0 Å². The first kappa shape index (κ1) is 13.9. The van der Waals surface area contributed by atoms with E-state index in [0.29, 0.717) is 10.9 Å². The molecule has 2 atom stereocenters. The van der Waals surface area contributed by atoms with E-state index in [4.69, 9.17) is 9.47 Å². The fraction of sp³-hybridized carbons (Fsp3) is 0.600. The zero-order valence-electron chi connectivity index (χ0n) is 11.1. The van der Waals surface area contributed by atoms with E-state index in [9.17, 15) is 0 Å². The first-order valence-corrected chi connectivity index (χ1v) is 7.52. The van der Waals surface area contributed by atoms with Gasteiger partial charge in [0.25, 0.3) is 0 Å². The third-order valence-electron chi connectivity index (χ3n) is 3.49. The summed E-state index contributed by atoms with van der Waals surface area (Å²) in [5.74, 6) is 0.967. The van der Waals surface area contributed by atoms with Crippen molar-refractivity contribution in [2.45, 2.75) is 43.5 Å². The van der Waals surface area contributed by atoms with Crippen molar-refractivity contribution in [1.29, 1.82) is 0 Å². The van der Waals surface area contributed by atoms with Crippen molar-refractivity contribution in [3.8, 4) is 5.75 Å². The molecule has 2 nitrogen and oxygen atoms in total. The lowest BCUT2D eigenvalue weighted by Crippen LogP contribution is -2.06. The highest BCUT2D eigenvalue weighted by molar-refractivity contribution is 9.09. The number of halogens is 1. The van der Waals surface area contributed by atoms with E-state index in [1.807, 2.05) is 6.07 Å². The first-order chi connectivity index (χ1) is 8.70. The zero-order chi connectivity index (χ0) is 13.0. The van der Waals surface area contributed by atoms with Crippen molar-refractivity contribution in [1.82, 2.24) is 0 Å². The molecule has 1 heterocycles. The Morgan fingerprint density at radius 3 is 3.00 bits per heavy atom. The standard InChI is InChI=1S/C15H21BrO2/c1-11-5-8-15(17-2)13(10-11)14(16)7-6-12-4-3-9-18-12/h5,8,10,12,14H,3-4,6-7,9H2,1-2H3. The maximum atomic E-state index is 5.67. The Kier molecular flexibility index (Phi) is 5.07. The SMILES string of the molecule is COc1ccc(C)cc1C(Br)CCC1CCCO1. The number of alkyl halides is 1. The highest BCUT2D eigenvalue weighted by atomic mass is 79.9. The minimum absolute atomic E-state index is 0.344. The third-order valence-corrected chi connectivity index (χ3v) is 4.44. The largest absolute Gasteiger partial charge is 0.496 e. The number of ether oxygens (including phenoxy) is 2. The Bertz CT molecular complexity index is 386. The van der Waals surface area contributed by atoms with Crippen LogP contribution >= 0.6 is 15.9 Å². The van der Waals surface area contributed by atoms with Crippen LogP contribution in [0, 0.1) is 6.92 Å². The molecule has 1 saturated heterocycles. The van der Waals surface area contributed by atoms with Gasteiger partial charge in [-0.25, -0.2) is 0 Å². The van der Waals surface area contributed by atoms with E-state index in [2.05, 4.69) is 35.0 Å². The van der Waals surface area contributed by atoms with Crippen LogP contribution < -0.4 is 4.74 Å². The van der Waals surface area contributed by atoms with Gasteiger partial charge < -0.3 is 9.47 Å². The molecule has 100 valence electrons. The number of hydrogen-bond donors (Lipinski definition) is 0. The molecule has 0 radical (unpaired) electrons. The summed E-state index contributed by atoms with van der Waals surface area (Å²) < 4.78 is 11.1. The van der Waals surface area contributed by atoms with Gasteiger partial charge in [-0.1, -0.05) is 33.6 Å². The van der Waals surface area contributed by atoms with E-state index < -0.39 is 0 Å². The summed E-state index contributed by atoms with van der Waals surface area (Å²) in [5.41, 5.74) is 2.52. The fourth-order valence-electron chi connectivity index (χ4n) is 2.46. The molecule has 0 N–H and O–H groups in total. The molecule has 18 heavy (non-hydrogen) atoms. The maximum absolute atomic E-state index is 5.67. The smallest absolute Gasteiger partial charge is 0.123 e. The Morgan fingerprint density at radius 1 is 1.50 bits per heavy atom. The topological polar surface area (TPSA) is 18.5 Å². The monoisotopic (exact) mass is 312 g/mol. The highest BCUT2D eigenvalue weighted by Crippen LogP contribution is 2.36. The molecule has 2 unspecified atom stereocenters. The molecule has 2 rings (SSSR count). The summed E-state index contributed by atoms with van der Waals surface area (Å²) in [6, 6.07) is 6.33. The van der Waals surface area contributed by atoms with Gasteiger partial charge in [-0.2, -0.15) is 0 Å². The number of benzene rings is 1. The second-order valence-electron chi connectivity index (χ2n) is 4.93. The van der Waals surface area contributed by atoms with Crippen molar-refractivity contribution < 1.29 is 9.47 Å². The maximum Gasteiger partial charge on any atom is 0.123 e. The van der Waals surface area contributed by atoms with Crippen molar-refractivity contribution in [3.05, 3.63) is 29.3 Å². The van der Waals surface area contributed by atoms with Gasteiger partial charge in [-0.15, -0.1) is 0 Å². The predicted octanol–water partition coefficient (Wildman–Crippen LogP) is 4.40. The Hall–Kier alpha value is -0.540. The Balaban J connectivity index is 1.98. The Labute approximate surface area is 118 Å². The first-order valence-electron chi connectivity index (χ1n) is 6.61. The molecule has 1 fully saturated rings. The molecule has 0 aliphatic carbocycles. The predicted molar refractivity (Wildman–Crippen MR) is 77.6 cm³/mol. The molecule has 1 aromatic rings. The lowest BCUT2D eigenvalue weighted by atomic mass is 10.0. The molecule has 0 spiro atoms. The summed E-state index contributed by atoms with van der Waals surface area (Å²) >= 11 is 3.78. The highest BCUT2D eigenvalue weighted by Gasteiger charge is 2.19. The lowest BCUT2D eigenvalue weighted by molar-refractivity contribution is 0.102. The van der Waals surface area contributed by atoms with Crippen LogP contribution in [0.3, 0.4) is 0 Å². The summed E-state index contributed by atoms with van der Waals surface area (Å²) in [6.45, 7) is 3.05. The van der Waals surface area contributed by atoms with Crippen molar-refractivity contribution in [2.24, 2.45) is 0 Å². The van der Waals surface area contributed by atoms with Crippen molar-refractivity contribution in [2.75, 3.05) is 13.7 Å². The van der Waals surface area contributed by atoms with E-state index in [1.165, 1.54) is 24.0 Å². The zero-order valence-corrected chi connectivity index (χ0v) is 12.7. The van der Waals surface area contributed by atoms with Crippen LogP contribution in [0.2, 0.25) is 0 Å². The molecule has 1 aromatic carbocycles. The van der Waals surface area contributed by atoms with Crippen LogP contribution in [0.25, 0.3) is 0 Å². The van der Waals surface area contributed by atoms with Crippen LogP contribution in [0.4, 0.5) is 0 Å². The summed E-state index contributed by atoms with van der Waals surface area (Å²) in [7, 11) is 1.73. The number of methoxy groups -OCH3 is 1. The average Bonchev–Trinajstić information content (AvgIpc) is 2.89. The molecule has 3 heteroatoms. The van der Waals surface area contributed by atoms with Gasteiger partial charge in [0.15, 0.2) is 0 Å². The third kappa shape index (κ3) is 3.48. The molecular formula is C15H21BrO2. The second-order valence-corrected chi connectivity index (χ2v) is 6.03. The molecule has 0 amide bonds. The van der Waals surface area contributed by atoms with E-state index >= 15 is 0 Å². The van der Waals surface area contributed by atoms with Gasteiger partial charge in [-0.3, -0.25) is 0 Å². The van der Waals surface area contributed by atoms with Crippen LogP contribution in [0.1, 0.15) is 41.6 Å². The minimum Gasteiger partial charge on any atom is -0.496 e. The molecular weight excluding hydrogens is 292 g/mol. The summed E-state index contributed by atoms with van der Waals surface area (Å²) in [5, 5.41) is 0. The fourth-order valence-corrected chi connectivity index (χ4v) is 3.08. The van der Waals surface area contributed by atoms with Gasteiger partial charge >= 0.3 is 0 Å². The quantitative estimate of drug-likeness (QED) is 0.750. The summed E-state index contributed by atoms with van der Waals surface area (Å²) in [4.78, 5) is 0.344. The minimum atomic E-state index is 0.344. The van der Waals surface area contributed by atoms with Crippen LogP contribution in [-0.2, 0) is 4.74 Å². The Morgan fingerprint density at radius 2 is 2.33 bits per heavy atom. The lowest BCUT2D eigenvalue weighted by Gasteiger charge is -2.17. The van der Waals surface area contributed by atoms with Gasteiger partial charge in [0.1, 0.15) is 5.75 Å². The summed E-state index contributed by atoms with van der Waals surface area (Å²) in [6.07, 6.45) is 5.09. The van der Waals surface area contributed by atoms with Gasteiger partial charge in [0.05, 0.1) is 13.2 Å².